The lowest BCUT2D eigenvalue weighted by Gasteiger charge is -2.16. The smallest absolute Gasteiger partial charge is 0.328 e. The van der Waals surface area contributed by atoms with Crippen molar-refractivity contribution >= 4 is 28.6 Å². The number of fused-ring (bicyclic) bond motifs is 1. The average molecular weight is 361 g/mol. The van der Waals surface area contributed by atoms with E-state index in [1.54, 1.807) is 24.3 Å². The lowest BCUT2D eigenvalue weighted by atomic mass is 10.1. The maximum Gasteiger partial charge on any atom is 0.328 e. The number of nitrogens with one attached hydrogen (secondary N) is 1. The van der Waals surface area contributed by atoms with Gasteiger partial charge in [-0.1, -0.05) is 18.2 Å². The molecule has 2 rings (SSSR count). The molecule has 1 atom stereocenters. The Balaban J connectivity index is 2.33. The molecule has 26 heavy (non-hydrogen) atoms. The molecule has 9 heteroatoms. The minimum Gasteiger partial charge on any atom is -0.469 e. The van der Waals surface area contributed by atoms with Crippen molar-refractivity contribution in [2.75, 3.05) is 14.2 Å². The molecule has 0 aliphatic heterocycles. The minimum atomic E-state index is -1.05. The number of rotatable bonds is 6. The summed E-state index contributed by atoms with van der Waals surface area (Å²) in [7, 11) is 3.84. The van der Waals surface area contributed by atoms with Gasteiger partial charge in [0.15, 0.2) is 5.69 Å². The third kappa shape index (κ3) is 4.05. The highest BCUT2D eigenvalue weighted by Gasteiger charge is 2.25. The summed E-state index contributed by atoms with van der Waals surface area (Å²) in [6.45, 7) is 0. The summed E-state index contributed by atoms with van der Waals surface area (Å²) >= 11 is 0. The molecule has 2 aromatic rings. The van der Waals surface area contributed by atoms with E-state index in [9.17, 15) is 19.2 Å². The van der Waals surface area contributed by atoms with Crippen molar-refractivity contribution in [2.24, 2.45) is 7.05 Å². The Bertz CT molecular complexity index is 905. The van der Waals surface area contributed by atoms with Crippen LogP contribution in [-0.4, -0.2) is 47.9 Å². The van der Waals surface area contributed by atoms with E-state index >= 15 is 0 Å². The summed E-state index contributed by atoms with van der Waals surface area (Å²) in [6, 6.07) is 5.49. The Morgan fingerprint density at radius 2 is 1.81 bits per heavy atom. The van der Waals surface area contributed by atoms with Crippen LogP contribution in [0.5, 0.6) is 0 Å². The Morgan fingerprint density at radius 3 is 2.42 bits per heavy atom. The SMILES string of the molecule is COC(=O)CC[C@H](NC(=O)c1nn(C)c(=O)c2ccccc12)C(=O)OC. The predicted octanol–water partition coefficient (Wildman–Crippen LogP) is 0.158. The molecule has 0 saturated heterocycles. The zero-order valence-electron chi connectivity index (χ0n) is 14.6. The van der Waals surface area contributed by atoms with Crippen LogP contribution in [-0.2, 0) is 26.1 Å². The topological polar surface area (TPSA) is 117 Å². The number of aromatic nitrogens is 2. The number of methoxy groups -OCH3 is 2. The number of esters is 2. The van der Waals surface area contributed by atoms with Gasteiger partial charge >= 0.3 is 11.9 Å². The summed E-state index contributed by atoms with van der Waals surface area (Å²) in [5, 5.41) is 7.20. The first-order valence-corrected chi connectivity index (χ1v) is 7.80. The van der Waals surface area contributed by atoms with Gasteiger partial charge < -0.3 is 14.8 Å². The van der Waals surface area contributed by atoms with E-state index in [0.29, 0.717) is 10.8 Å². The summed E-state index contributed by atoms with van der Waals surface area (Å²) in [4.78, 5) is 48.0. The summed E-state index contributed by atoms with van der Waals surface area (Å²) < 4.78 is 10.3. The molecular formula is C17H19N3O6. The summed E-state index contributed by atoms with van der Waals surface area (Å²) in [5.74, 6) is -1.87. The first-order chi connectivity index (χ1) is 12.4. The van der Waals surface area contributed by atoms with Crippen LogP contribution in [0.15, 0.2) is 29.1 Å². The molecule has 0 aliphatic carbocycles. The van der Waals surface area contributed by atoms with Gasteiger partial charge in [0.25, 0.3) is 11.5 Å². The van der Waals surface area contributed by atoms with Crippen molar-refractivity contribution in [1.82, 2.24) is 15.1 Å². The second kappa shape index (κ2) is 8.24. The highest BCUT2D eigenvalue weighted by atomic mass is 16.5. The van der Waals surface area contributed by atoms with E-state index in [1.807, 2.05) is 0 Å². The zero-order chi connectivity index (χ0) is 19.3. The van der Waals surface area contributed by atoms with E-state index < -0.39 is 23.9 Å². The number of amides is 1. The average Bonchev–Trinajstić information content (AvgIpc) is 2.66. The Hall–Kier alpha value is -3.23. The van der Waals surface area contributed by atoms with Crippen LogP contribution in [0.3, 0.4) is 0 Å². The normalized spacial score (nSPS) is 11.7. The van der Waals surface area contributed by atoms with Gasteiger partial charge in [-0.2, -0.15) is 5.10 Å². The summed E-state index contributed by atoms with van der Waals surface area (Å²) in [5.41, 5.74) is -0.345. The third-order valence-corrected chi connectivity index (χ3v) is 3.83. The van der Waals surface area contributed by atoms with Crippen LogP contribution in [0.4, 0.5) is 0 Å². The van der Waals surface area contributed by atoms with Gasteiger partial charge in [0, 0.05) is 18.9 Å². The van der Waals surface area contributed by atoms with Crippen LogP contribution in [0.1, 0.15) is 23.3 Å². The van der Waals surface area contributed by atoms with E-state index in [1.165, 1.54) is 21.3 Å². The van der Waals surface area contributed by atoms with Crippen LogP contribution in [0, 0.1) is 0 Å². The first kappa shape index (κ1) is 19.1. The number of ether oxygens (including phenoxy) is 2. The second-order valence-electron chi connectivity index (χ2n) is 5.49. The number of aryl methyl sites for hydroxylation is 1. The van der Waals surface area contributed by atoms with E-state index in [4.69, 9.17) is 0 Å². The molecule has 1 aromatic heterocycles. The predicted molar refractivity (Wildman–Crippen MR) is 91.5 cm³/mol. The largest absolute Gasteiger partial charge is 0.469 e. The fourth-order valence-electron chi connectivity index (χ4n) is 2.45. The fraction of sp³-hybridized carbons (Fsp3) is 0.353. The van der Waals surface area contributed by atoms with Crippen molar-refractivity contribution in [3.8, 4) is 0 Å². The lowest BCUT2D eigenvalue weighted by molar-refractivity contribution is -0.144. The quantitative estimate of drug-likeness (QED) is 0.728. The Morgan fingerprint density at radius 1 is 1.15 bits per heavy atom. The van der Waals surface area contributed by atoms with Crippen molar-refractivity contribution in [1.29, 1.82) is 0 Å². The molecule has 9 nitrogen and oxygen atoms in total. The second-order valence-corrected chi connectivity index (χ2v) is 5.49. The highest BCUT2D eigenvalue weighted by Crippen LogP contribution is 2.13. The molecule has 0 spiro atoms. The van der Waals surface area contributed by atoms with Gasteiger partial charge in [-0.05, 0) is 12.5 Å². The van der Waals surface area contributed by atoms with E-state index in [-0.39, 0.29) is 24.1 Å². The molecule has 0 saturated carbocycles. The van der Waals surface area contributed by atoms with Gasteiger partial charge in [0.2, 0.25) is 0 Å². The molecule has 1 N–H and O–H groups in total. The van der Waals surface area contributed by atoms with Crippen LogP contribution < -0.4 is 10.9 Å². The van der Waals surface area contributed by atoms with Gasteiger partial charge in [0.05, 0.1) is 19.6 Å². The van der Waals surface area contributed by atoms with E-state index in [0.717, 1.165) is 4.68 Å². The molecule has 0 aliphatic rings. The number of carbonyl (C=O) groups is 3. The van der Waals surface area contributed by atoms with Crippen LogP contribution in [0.2, 0.25) is 0 Å². The maximum absolute atomic E-state index is 12.7. The lowest BCUT2D eigenvalue weighted by Crippen LogP contribution is -2.42. The molecule has 0 unspecified atom stereocenters. The molecule has 1 amide bonds. The van der Waals surface area contributed by atoms with Gasteiger partial charge in [-0.3, -0.25) is 14.4 Å². The number of benzene rings is 1. The van der Waals surface area contributed by atoms with Gasteiger partial charge in [0.1, 0.15) is 6.04 Å². The van der Waals surface area contributed by atoms with Gasteiger partial charge in [-0.25, -0.2) is 9.48 Å². The number of hydrogen-bond acceptors (Lipinski definition) is 7. The third-order valence-electron chi connectivity index (χ3n) is 3.83. The number of carbonyl (C=O) groups excluding carboxylic acids is 3. The Kier molecular flexibility index (Phi) is 6.05. The molecule has 0 radical (unpaired) electrons. The van der Waals surface area contributed by atoms with Crippen molar-refractivity contribution in [2.45, 2.75) is 18.9 Å². The zero-order valence-corrected chi connectivity index (χ0v) is 14.6. The monoisotopic (exact) mass is 361 g/mol. The Labute approximate surface area is 148 Å². The van der Waals surface area contributed by atoms with Crippen molar-refractivity contribution in [3.05, 3.63) is 40.3 Å². The van der Waals surface area contributed by atoms with Gasteiger partial charge in [-0.15, -0.1) is 0 Å². The standard InChI is InChI=1S/C17H19N3O6/c1-20-16(23)11-7-5-4-6-10(11)14(19-20)15(22)18-12(17(24)26-3)8-9-13(21)25-2/h4-7,12H,8-9H2,1-3H3,(H,18,22)/t12-/m0/s1. The molecule has 1 heterocycles. The molecule has 0 bridgehead atoms. The highest BCUT2D eigenvalue weighted by molar-refractivity contribution is 6.05. The van der Waals surface area contributed by atoms with Crippen molar-refractivity contribution in [3.63, 3.8) is 0 Å². The fourth-order valence-corrected chi connectivity index (χ4v) is 2.45. The molecule has 0 fully saturated rings. The molecule has 1 aromatic carbocycles. The number of hydrogen-bond donors (Lipinski definition) is 1. The van der Waals surface area contributed by atoms with Crippen LogP contribution >= 0.6 is 0 Å². The van der Waals surface area contributed by atoms with Crippen molar-refractivity contribution < 1.29 is 23.9 Å². The number of nitrogens with zero attached hydrogens (tertiary/aromatic N) is 2. The van der Waals surface area contributed by atoms with Crippen LogP contribution in [0.25, 0.3) is 10.8 Å². The molecule has 138 valence electrons. The summed E-state index contributed by atoms with van der Waals surface area (Å²) in [6.07, 6.45) is -0.0627. The molecular weight excluding hydrogens is 342 g/mol. The maximum atomic E-state index is 12.7. The first-order valence-electron chi connectivity index (χ1n) is 7.80. The minimum absolute atomic E-state index is 0.00493. The van der Waals surface area contributed by atoms with E-state index in [2.05, 4.69) is 19.9 Å².